The normalized spacial score (nSPS) is 14.7. The second-order valence-corrected chi connectivity index (χ2v) is 7.20. The highest BCUT2D eigenvalue weighted by molar-refractivity contribution is 5.99. The highest BCUT2D eigenvalue weighted by Gasteiger charge is 2.29. The summed E-state index contributed by atoms with van der Waals surface area (Å²) in [5.74, 6) is -1.19. The van der Waals surface area contributed by atoms with Crippen molar-refractivity contribution < 1.29 is 23.9 Å². The topological polar surface area (TPSA) is 85.8 Å². The van der Waals surface area contributed by atoms with E-state index in [1.54, 1.807) is 18.7 Å². The number of hydrogen-bond donors (Lipinski definition) is 0. The van der Waals surface area contributed by atoms with E-state index in [0.29, 0.717) is 43.8 Å². The number of carbonyl (C=O) groups excluding carboxylic acids is 3. The summed E-state index contributed by atoms with van der Waals surface area (Å²) in [6.07, 6.45) is 1.12. The summed E-state index contributed by atoms with van der Waals surface area (Å²) in [6.45, 7) is 6.34. The quantitative estimate of drug-likeness (QED) is 0.720. The molecule has 1 aliphatic rings. The van der Waals surface area contributed by atoms with Gasteiger partial charge in [-0.3, -0.25) is 14.6 Å². The minimum Gasteiger partial charge on any atom is -0.466 e. The predicted octanol–water partition coefficient (Wildman–Crippen LogP) is 2.81. The molecule has 0 saturated carbocycles. The third-order valence-corrected chi connectivity index (χ3v) is 5.33. The van der Waals surface area contributed by atoms with E-state index in [2.05, 4.69) is 4.98 Å². The Morgan fingerprint density at radius 1 is 1.10 bits per heavy atom. The number of pyridine rings is 1. The van der Waals surface area contributed by atoms with Gasteiger partial charge in [0.15, 0.2) is 6.61 Å². The van der Waals surface area contributed by atoms with Crippen molar-refractivity contribution in [1.29, 1.82) is 0 Å². The summed E-state index contributed by atoms with van der Waals surface area (Å²) in [4.78, 5) is 43.0. The molecule has 29 heavy (non-hydrogen) atoms. The number of ether oxygens (including phenoxy) is 2. The molecule has 1 fully saturated rings. The number of rotatable bonds is 5. The first-order valence-corrected chi connectivity index (χ1v) is 9.89. The molecule has 1 aromatic carbocycles. The highest BCUT2D eigenvalue weighted by atomic mass is 16.5. The van der Waals surface area contributed by atoms with E-state index in [1.807, 2.05) is 31.2 Å². The summed E-state index contributed by atoms with van der Waals surface area (Å²) in [6, 6.07) is 7.60. The Labute approximate surface area is 170 Å². The van der Waals surface area contributed by atoms with Crippen molar-refractivity contribution in [2.24, 2.45) is 5.92 Å². The van der Waals surface area contributed by atoms with Crippen LogP contribution in [0, 0.1) is 19.8 Å². The van der Waals surface area contributed by atoms with E-state index in [4.69, 9.17) is 9.47 Å². The van der Waals surface area contributed by atoms with Crippen LogP contribution in [-0.2, 0) is 19.1 Å². The molecular formula is C22H26N2O5. The van der Waals surface area contributed by atoms with Gasteiger partial charge in [-0.2, -0.15) is 0 Å². The summed E-state index contributed by atoms with van der Waals surface area (Å²) < 4.78 is 10.3. The van der Waals surface area contributed by atoms with Crippen LogP contribution in [0.3, 0.4) is 0 Å². The molecule has 1 amide bonds. The lowest BCUT2D eigenvalue weighted by Gasteiger charge is -2.30. The van der Waals surface area contributed by atoms with Gasteiger partial charge in [-0.1, -0.05) is 18.2 Å². The van der Waals surface area contributed by atoms with Gasteiger partial charge in [0.25, 0.3) is 5.91 Å². The largest absolute Gasteiger partial charge is 0.466 e. The van der Waals surface area contributed by atoms with Gasteiger partial charge in [-0.15, -0.1) is 0 Å². The Balaban J connectivity index is 1.59. The fourth-order valence-electron chi connectivity index (χ4n) is 3.75. The van der Waals surface area contributed by atoms with E-state index >= 15 is 0 Å². The molecule has 2 heterocycles. The molecule has 0 N–H and O–H groups in total. The third kappa shape index (κ3) is 4.55. The number of likely N-dealkylation sites (tertiary alicyclic amines) is 1. The van der Waals surface area contributed by atoms with Crippen LogP contribution in [0.1, 0.15) is 41.4 Å². The van der Waals surface area contributed by atoms with Gasteiger partial charge in [-0.25, -0.2) is 4.79 Å². The van der Waals surface area contributed by atoms with Crippen molar-refractivity contribution in [3.8, 4) is 0 Å². The number of benzene rings is 1. The molecule has 154 valence electrons. The van der Waals surface area contributed by atoms with Crippen molar-refractivity contribution >= 4 is 28.7 Å². The van der Waals surface area contributed by atoms with Gasteiger partial charge >= 0.3 is 11.9 Å². The van der Waals surface area contributed by atoms with Crippen LogP contribution in [0.25, 0.3) is 10.9 Å². The van der Waals surface area contributed by atoms with Crippen LogP contribution in [0.15, 0.2) is 24.3 Å². The Morgan fingerprint density at radius 3 is 2.48 bits per heavy atom. The summed E-state index contributed by atoms with van der Waals surface area (Å²) in [5, 5.41) is 0.886. The van der Waals surface area contributed by atoms with Crippen LogP contribution in [0.4, 0.5) is 0 Å². The average Bonchev–Trinajstić information content (AvgIpc) is 2.72. The number of esters is 2. The molecule has 0 unspecified atom stereocenters. The lowest BCUT2D eigenvalue weighted by molar-refractivity contribution is -0.151. The molecule has 0 bridgehead atoms. The first-order chi connectivity index (χ1) is 13.9. The Hall–Kier alpha value is -2.96. The zero-order valence-electron chi connectivity index (χ0n) is 17.1. The van der Waals surface area contributed by atoms with Crippen molar-refractivity contribution in [1.82, 2.24) is 9.88 Å². The molecule has 7 heteroatoms. The predicted molar refractivity (Wildman–Crippen MR) is 107 cm³/mol. The molecule has 0 spiro atoms. The maximum Gasteiger partial charge on any atom is 0.340 e. The third-order valence-electron chi connectivity index (χ3n) is 5.33. The smallest absolute Gasteiger partial charge is 0.340 e. The fourth-order valence-corrected chi connectivity index (χ4v) is 3.75. The molecule has 1 aromatic heterocycles. The number of amides is 1. The molecule has 7 nitrogen and oxygen atoms in total. The number of nitrogens with zero attached hydrogens (tertiary/aromatic N) is 2. The van der Waals surface area contributed by atoms with Gasteiger partial charge < -0.3 is 14.4 Å². The summed E-state index contributed by atoms with van der Waals surface area (Å²) in [5.41, 5.74) is 2.59. The second kappa shape index (κ2) is 9.03. The van der Waals surface area contributed by atoms with Gasteiger partial charge in [-0.05, 0) is 45.2 Å². The molecule has 0 atom stereocenters. The van der Waals surface area contributed by atoms with E-state index < -0.39 is 5.97 Å². The Bertz CT molecular complexity index is 932. The first-order valence-electron chi connectivity index (χ1n) is 9.89. The number of aryl methyl sites for hydroxylation is 2. The minimum atomic E-state index is -0.548. The monoisotopic (exact) mass is 398 g/mol. The number of fused-ring (bicyclic) bond motifs is 1. The maximum absolute atomic E-state index is 12.6. The number of piperidine rings is 1. The minimum absolute atomic E-state index is 0.171. The van der Waals surface area contributed by atoms with Crippen LogP contribution in [0.2, 0.25) is 0 Å². The van der Waals surface area contributed by atoms with Gasteiger partial charge in [0.2, 0.25) is 0 Å². The number of carbonyl (C=O) groups is 3. The first kappa shape index (κ1) is 20.8. The Morgan fingerprint density at radius 2 is 1.79 bits per heavy atom. The maximum atomic E-state index is 12.6. The molecule has 1 saturated heterocycles. The number of hydrogen-bond acceptors (Lipinski definition) is 6. The number of aromatic nitrogens is 1. The lowest BCUT2D eigenvalue weighted by atomic mass is 9.97. The number of para-hydroxylation sites is 1. The molecule has 2 aromatic rings. The molecule has 0 aliphatic carbocycles. The van der Waals surface area contributed by atoms with Crippen LogP contribution in [-0.4, -0.2) is 54.0 Å². The zero-order valence-corrected chi connectivity index (χ0v) is 17.1. The van der Waals surface area contributed by atoms with Crippen molar-refractivity contribution in [2.45, 2.75) is 33.6 Å². The SMILES string of the molecule is CCOC(=O)C1CCN(C(=O)COC(=O)c2c(C)nc3ccccc3c2C)CC1. The van der Waals surface area contributed by atoms with Gasteiger partial charge in [0.1, 0.15) is 0 Å². The van der Waals surface area contributed by atoms with Crippen LogP contribution < -0.4 is 0 Å². The molecule has 1 aliphatic heterocycles. The van der Waals surface area contributed by atoms with Gasteiger partial charge in [0, 0.05) is 18.5 Å². The molecule has 0 radical (unpaired) electrons. The molecular weight excluding hydrogens is 372 g/mol. The van der Waals surface area contributed by atoms with E-state index in [0.717, 1.165) is 16.5 Å². The fraction of sp³-hybridized carbons (Fsp3) is 0.455. The molecule has 3 rings (SSSR count). The Kier molecular flexibility index (Phi) is 6.46. The van der Waals surface area contributed by atoms with E-state index in [-0.39, 0.29) is 24.4 Å². The second-order valence-electron chi connectivity index (χ2n) is 7.20. The van der Waals surface area contributed by atoms with Crippen molar-refractivity contribution in [2.75, 3.05) is 26.3 Å². The van der Waals surface area contributed by atoms with Gasteiger partial charge in [0.05, 0.1) is 29.3 Å². The average molecular weight is 398 g/mol. The van der Waals surface area contributed by atoms with Crippen LogP contribution in [0.5, 0.6) is 0 Å². The zero-order chi connectivity index (χ0) is 21.0. The lowest BCUT2D eigenvalue weighted by Crippen LogP contribution is -2.42. The van der Waals surface area contributed by atoms with Crippen molar-refractivity contribution in [3.05, 3.63) is 41.1 Å². The van der Waals surface area contributed by atoms with E-state index in [1.165, 1.54) is 0 Å². The van der Waals surface area contributed by atoms with Crippen LogP contribution >= 0.6 is 0 Å². The summed E-state index contributed by atoms with van der Waals surface area (Å²) >= 11 is 0. The standard InChI is InChI=1S/C22H26N2O5/c1-4-28-21(26)16-9-11-24(12-10-16)19(25)13-29-22(27)20-14(2)17-7-5-6-8-18(17)23-15(20)3/h5-8,16H,4,9-13H2,1-3H3. The highest BCUT2D eigenvalue weighted by Crippen LogP contribution is 2.23. The van der Waals surface area contributed by atoms with E-state index in [9.17, 15) is 14.4 Å². The summed E-state index contributed by atoms with van der Waals surface area (Å²) in [7, 11) is 0. The van der Waals surface area contributed by atoms with Crippen molar-refractivity contribution in [3.63, 3.8) is 0 Å².